The molecule has 2 aliphatic rings. The molecule has 35 heavy (non-hydrogen) atoms. The molecule has 3 aromatic heterocycles. The maximum absolute atomic E-state index is 13.0. The molecule has 3 aromatic rings. The fourth-order valence-electron chi connectivity index (χ4n) is 5.15. The average Bonchev–Trinajstić information content (AvgIpc) is 3.40. The lowest BCUT2D eigenvalue weighted by molar-refractivity contribution is 0.0150. The van der Waals surface area contributed by atoms with E-state index in [1.54, 1.807) is 0 Å². The SMILES string of the molecule is CCc1ccc(-n2ccc(C(=O)Cc3cnc(C4=CCC(N5CCOCC5)CC4)c(C)c3)c2)nc1. The molecule has 5 rings (SSSR count). The van der Waals surface area contributed by atoms with Gasteiger partial charge in [-0.3, -0.25) is 14.7 Å². The number of Topliss-reactive ketones (excluding diaryl/α,β-unsaturated/α-hetero) is 1. The Bertz CT molecular complexity index is 1210. The minimum atomic E-state index is 0.0908. The number of ketones is 1. The fourth-order valence-corrected chi connectivity index (χ4v) is 5.15. The van der Waals surface area contributed by atoms with Crippen LogP contribution < -0.4 is 0 Å². The average molecular weight is 471 g/mol. The van der Waals surface area contributed by atoms with Crippen molar-refractivity contribution < 1.29 is 9.53 Å². The number of rotatable bonds is 7. The Hall–Kier alpha value is -3.09. The van der Waals surface area contributed by atoms with Crippen LogP contribution in [0.2, 0.25) is 0 Å². The zero-order chi connectivity index (χ0) is 24.2. The van der Waals surface area contributed by atoms with Gasteiger partial charge in [-0.25, -0.2) is 4.98 Å². The Morgan fingerprint density at radius 2 is 1.94 bits per heavy atom. The van der Waals surface area contributed by atoms with Gasteiger partial charge >= 0.3 is 0 Å². The number of morpholine rings is 1. The van der Waals surface area contributed by atoms with Gasteiger partial charge < -0.3 is 9.30 Å². The summed E-state index contributed by atoms with van der Waals surface area (Å²) in [6.07, 6.45) is 14.5. The van der Waals surface area contributed by atoms with Gasteiger partial charge in [0.25, 0.3) is 0 Å². The summed E-state index contributed by atoms with van der Waals surface area (Å²) < 4.78 is 7.40. The van der Waals surface area contributed by atoms with Crippen LogP contribution in [0.25, 0.3) is 11.4 Å². The Morgan fingerprint density at radius 1 is 1.11 bits per heavy atom. The molecule has 4 heterocycles. The van der Waals surface area contributed by atoms with E-state index in [4.69, 9.17) is 9.72 Å². The van der Waals surface area contributed by atoms with Crippen molar-refractivity contribution in [2.45, 2.75) is 52.0 Å². The summed E-state index contributed by atoms with van der Waals surface area (Å²) in [5, 5.41) is 0. The molecule has 6 heteroatoms. The minimum absolute atomic E-state index is 0.0908. The largest absolute Gasteiger partial charge is 0.379 e. The van der Waals surface area contributed by atoms with Crippen molar-refractivity contribution in [2.24, 2.45) is 0 Å². The van der Waals surface area contributed by atoms with Gasteiger partial charge in [0.2, 0.25) is 0 Å². The van der Waals surface area contributed by atoms with Gasteiger partial charge in [0.15, 0.2) is 5.78 Å². The third-order valence-corrected chi connectivity index (χ3v) is 7.25. The summed E-state index contributed by atoms with van der Waals surface area (Å²) in [6.45, 7) is 7.99. The van der Waals surface area contributed by atoms with Gasteiger partial charge in [-0.1, -0.05) is 25.1 Å². The van der Waals surface area contributed by atoms with Crippen molar-refractivity contribution in [2.75, 3.05) is 26.3 Å². The maximum Gasteiger partial charge on any atom is 0.168 e. The van der Waals surface area contributed by atoms with Crippen LogP contribution in [0.1, 0.15) is 58.9 Å². The predicted molar refractivity (Wildman–Crippen MR) is 138 cm³/mol. The molecule has 0 radical (unpaired) electrons. The van der Waals surface area contributed by atoms with Gasteiger partial charge in [-0.2, -0.15) is 0 Å². The van der Waals surface area contributed by atoms with Crippen molar-refractivity contribution in [3.8, 4) is 5.82 Å². The second kappa shape index (κ2) is 10.7. The highest BCUT2D eigenvalue weighted by molar-refractivity contribution is 5.97. The van der Waals surface area contributed by atoms with Crippen molar-refractivity contribution in [1.82, 2.24) is 19.4 Å². The molecule has 1 fully saturated rings. The van der Waals surface area contributed by atoms with E-state index in [0.717, 1.165) is 68.2 Å². The van der Waals surface area contributed by atoms with E-state index in [1.807, 2.05) is 41.5 Å². The molecule has 182 valence electrons. The second-order valence-electron chi connectivity index (χ2n) is 9.60. The molecule has 0 N–H and O–H groups in total. The Labute approximate surface area is 207 Å². The normalized spacial score (nSPS) is 18.9. The Balaban J connectivity index is 1.22. The number of nitrogens with zero attached hydrogens (tertiary/aromatic N) is 4. The van der Waals surface area contributed by atoms with Gasteiger partial charge in [0.05, 0.1) is 18.9 Å². The summed E-state index contributed by atoms with van der Waals surface area (Å²) in [6, 6.07) is 8.67. The van der Waals surface area contributed by atoms with E-state index < -0.39 is 0 Å². The van der Waals surface area contributed by atoms with Crippen LogP contribution in [-0.2, 0) is 17.6 Å². The monoisotopic (exact) mass is 470 g/mol. The van der Waals surface area contributed by atoms with E-state index in [1.165, 1.54) is 17.6 Å². The molecule has 0 saturated carbocycles. The third-order valence-electron chi connectivity index (χ3n) is 7.25. The smallest absolute Gasteiger partial charge is 0.168 e. The van der Waals surface area contributed by atoms with Crippen molar-refractivity contribution >= 4 is 11.4 Å². The third kappa shape index (κ3) is 5.44. The van der Waals surface area contributed by atoms with Crippen molar-refractivity contribution in [1.29, 1.82) is 0 Å². The van der Waals surface area contributed by atoms with E-state index in [2.05, 4.69) is 41.9 Å². The van der Waals surface area contributed by atoms with Crippen molar-refractivity contribution in [3.05, 3.63) is 83.1 Å². The second-order valence-corrected chi connectivity index (χ2v) is 9.60. The molecule has 1 saturated heterocycles. The van der Waals surface area contributed by atoms with Crippen LogP contribution in [-0.4, -0.2) is 57.6 Å². The predicted octanol–water partition coefficient (Wildman–Crippen LogP) is 4.83. The topological polar surface area (TPSA) is 60.2 Å². The number of aromatic nitrogens is 3. The van der Waals surface area contributed by atoms with Crippen LogP contribution in [0.5, 0.6) is 0 Å². The molecule has 1 aliphatic heterocycles. The molecule has 0 spiro atoms. The van der Waals surface area contributed by atoms with Crippen LogP contribution in [0.15, 0.2) is 55.1 Å². The number of ether oxygens (including phenoxy) is 1. The molecule has 1 unspecified atom stereocenters. The molecule has 0 amide bonds. The molecule has 6 nitrogen and oxygen atoms in total. The van der Waals surface area contributed by atoms with E-state index in [9.17, 15) is 4.79 Å². The number of hydrogen-bond donors (Lipinski definition) is 0. The lowest BCUT2D eigenvalue weighted by Gasteiger charge is -2.36. The number of carbonyl (C=O) groups is 1. The molecular weight excluding hydrogens is 436 g/mol. The van der Waals surface area contributed by atoms with Gasteiger partial charge in [0.1, 0.15) is 5.82 Å². The Kier molecular flexibility index (Phi) is 7.21. The number of pyridine rings is 2. The first-order chi connectivity index (χ1) is 17.1. The van der Waals surface area contributed by atoms with Crippen LogP contribution in [0.4, 0.5) is 0 Å². The summed E-state index contributed by atoms with van der Waals surface area (Å²) >= 11 is 0. The highest BCUT2D eigenvalue weighted by Gasteiger charge is 2.24. The summed E-state index contributed by atoms with van der Waals surface area (Å²) in [4.78, 5) is 24.8. The zero-order valence-corrected chi connectivity index (χ0v) is 20.7. The molecular formula is C29H34N4O2. The maximum atomic E-state index is 13.0. The van der Waals surface area contributed by atoms with Gasteiger partial charge in [-0.05, 0) is 67.0 Å². The lowest BCUT2D eigenvalue weighted by atomic mass is 9.90. The van der Waals surface area contributed by atoms with Crippen LogP contribution in [0.3, 0.4) is 0 Å². The zero-order valence-electron chi connectivity index (χ0n) is 20.7. The summed E-state index contributed by atoms with van der Waals surface area (Å²) in [5.41, 5.74) is 6.40. The van der Waals surface area contributed by atoms with E-state index >= 15 is 0 Å². The van der Waals surface area contributed by atoms with Crippen molar-refractivity contribution in [3.63, 3.8) is 0 Å². The molecule has 1 aliphatic carbocycles. The highest BCUT2D eigenvalue weighted by Crippen LogP contribution is 2.30. The lowest BCUT2D eigenvalue weighted by Crippen LogP contribution is -2.43. The minimum Gasteiger partial charge on any atom is -0.379 e. The van der Waals surface area contributed by atoms with E-state index in [0.29, 0.717) is 18.0 Å². The van der Waals surface area contributed by atoms with E-state index in [-0.39, 0.29) is 5.78 Å². The van der Waals surface area contributed by atoms with Gasteiger partial charge in [-0.15, -0.1) is 0 Å². The number of allylic oxidation sites excluding steroid dienone is 1. The molecule has 0 aromatic carbocycles. The number of carbonyl (C=O) groups excluding carboxylic acids is 1. The first-order valence-electron chi connectivity index (χ1n) is 12.7. The summed E-state index contributed by atoms with van der Waals surface area (Å²) in [5.74, 6) is 0.910. The highest BCUT2D eigenvalue weighted by atomic mass is 16.5. The first-order valence-corrected chi connectivity index (χ1v) is 12.7. The summed E-state index contributed by atoms with van der Waals surface area (Å²) in [7, 11) is 0. The number of aryl methyl sites for hydroxylation is 2. The Morgan fingerprint density at radius 3 is 2.63 bits per heavy atom. The first kappa shape index (κ1) is 23.6. The fraction of sp³-hybridized carbons (Fsp3) is 0.414. The van der Waals surface area contributed by atoms with Crippen LogP contribution >= 0.6 is 0 Å². The quantitative estimate of drug-likeness (QED) is 0.463. The van der Waals surface area contributed by atoms with Crippen LogP contribution in [0, 0.1) is 6.92 Å². The molecule has 0 bridgehead atoms. The van der Waals surface area contributed by atoms with Gasteiger partial charge in [0, 0.05) is 55.9 Å². The number of hydrogen-bond acceptors (Lipinski definition) is 5. The molecule has 1 atom stereocenters. The standard InChI is InChI=1S/C29H34N4O2/c1-3-22-4-9-28(30-18-22)33-11-10-25(20-33)27(34)17-23-16-21(2)29(31-19-23)24-5-7-26(8-6-24)32-12-14-35-15-13-32/h4-5,9-11,16,18-20,26H,3,6-8,12-15,17H2,1-2H3.